The van der Waals surface area contributed by atoms with Crippen LogP contribution in [0.2, 0.25) is 0 Å². The molecule has 1 N–H and O–H groups in total. The highest BCUT2D eigenvalue weighted by Gasteiger charge is 2.10. The van der Waals surface area contributed by atoms with Crippen molar-refractivity contribution >= 4 is 11.1 Å². The van der Waals surface area contributed by atoms with Crippen molar-refractivity contribution in [2.75, 3.05) is 0 Å². The van der Waals surface area contributed by atoms with Crippen molar-refractivity contribution in [2.45, 2.75) is 4.90 Å². The van der Waals surface area contributed by atoms with E-state index in [0.717, 1.165) is 11.1 Å². The lowest BCUT2D eigenvalue weighted by Gasteiger charge is -1.94. The van der Waals surface area contributed by atoms with E-state index in [4.69, 9.17) is 4.55 Å². The Morgan fingerprint density at radius 2 is 1.77 bits per heavy atom. The standard InChI is InChI=1S/C10H8O2S/c11-13(12)10-7-6-8-4-2-1-3-5-9(8)10/h1-7H,(H,11,12). The first-order chi connectivity index (χ1) is 6.29. The lowest BCUT2D eigenvalue weighted by Crippen LogP contribution is -1.85. The number of rotatable bonds is 1. The van der Waals surface area contributed by atoms with Gasteiger partial charge in [-0.3, -0.25) is 0 Å². The van der Waals surface area contributed by atoms with Gasteiger partial charge >= 0.3 is 0 Å². The van der Waals surface area contributed by atoms with Gasteiger partial charge in [-0.05, 0) is 11.6 Å². The van der Waals surface area contributed by atoms with Gasteiger partial charge in [0.1, 0.15) is 0 Å². The Labute approximate surface area is 78.8 Å². The molecule has 0 aromatic heterocycles. The SMILES string of the molecule is O=S(O)c1ccc2cccccc1-2. The third-order valence-electron chi connectivity index (χ3n) is 1.94. The summed E-state index contributed by atoms with van der Waals surface area (Å²) in [4.78, 5) is 0.478. The van der Waals surface area contributed by atoms with E-state index < -0.39 is 11.1 Å². The zero-order chi connectivity index (χ0) is 9.26. The van der Waals surface area contributed by atoms with Gasteiger partial charge in [-0.15, -0.1) is 0 Å². The van der Waals surface area contributed by atoms with E-state index >= 15 is 0 Å². The van der Waals surface area contributed by atoms with Crippen LogP contribution in [-0.2, 0) is 11.1 Å². The van der Waals surface area contributed by atoms with Crippen LogP contribution in [0, 0.1) is 0 Å². The maximum Gasteiger partial charge on any atom is 0.187 e. The molecular formula is C10H8O2S. The Hall–Kier alpha value is -1.19. The molecule has 0 aliphatic heterocycles. The van der Waals surface area contributed by atoms with E-state index in [1.165, 1.54) is 0 Å². The zero-order valence-electron chi connectivity index (χ0n) is 6.81. The lowest BCUT2D eigenvalue weighted by molar-refractivity contribution is 0.565. The van der Waals surface area contributed by atoms with Crippen LogP contribution in [0.4, 0.5) is 0 Å². The first-order valence-corrected chi connectivity index (χ1v) is 4.98. The van der Waals surface area contributed by atoms with E-state index in [1.807, 2.05) is 36.4 Å². The molecule has 0 heterocycles. The van der Waals surface area contributed by atoms with Crippen molar-refractivity contribution in [3.63, 3.8) is 0 Å². The Morgan fingerprint density at radius 3 is 2.54 bits per heavy atom. The molecule has 0 aromatic carbocycles. The number of hydrogen-bond acceptors (Lipinski definition) is 1. The fourth-order valence-electron chi connectivity index (χ4n) is 1.34. The van der Waals surface area contributed by atoms with Crippen LogP contribution >= 0.6 is 0 Å². The summed E-state index contributed by atoms with van der Waals surface area (Å²) < 4.78 is 19.9. The van der Waals surface area contributed by atoms with Crippen LogP contribution in [0.15, 0.2) is 47.4 Å². The molecule has 0 amide bonds. The van der Waals surface area contributed by atoms with Crippen LogP contribution in [0.1, 0.15) is 0 Å². The summed E-state index contributed by atoms with van der Waals surface area (Å²) in [5.74, 6) is 0. The smallest absolute Gasteiger partial charge is 0.187 e. The Balaban J connectivity index is 2.68. The zero-order valence-corrected chi connectivity index (χ0v) is 7.62. The van der Waals surface area contributed by atoms with Crippen LogP contribution in [0.3, 0.4) is 0 Å². The second-order valence-corrected chi connectivity index (χ2v) is 3.66. The van der Waals surface area contributed by atoms with Crippen molar-refractivity contribution in [1.82, 2.24) is 0 Å². The predicted octanol–water partition coefficient (Wildman–Crippen LogP) is 2.37. The number of hydrogen-bond donors (Lipinski definition) is 1. The quantitative estimate of drug-likeness (QED) is 0.704. The van der Waals surface area contributed by atoms with Gasteiger partial charge in [-0.2, -0.15) is 0 Å². The van der Waals surface area contributed by atoms with Crippen molar-refractivity contribution in [2.24, 2.45) is 0 Å². The summed E-state index contributed by atoms with van der Waals surface area (Å²) in [5, 5.41) is 0. The minimum Gasteiger partial charge on any atom is -0.302 e. The van der Waals surface area contributed by atoms with E-state index in [1.54, 1.807) is 6.07 Å². The maximum atomic E-state index is 10.9. The second-order valence-electron chi connectivity index (χ2n) is 2.73. The first kappa shape index (κ1) is 8.41. The first-order valence-electron chi connectivity index (χ1n) is 3.87. The molecule has 1 unspecified atom stereocenters. The topological polar surface area (TPSA) is 37.3 Å². The van der Waals surface area contributed by atoms with Crippen LogP contribution in [-0.4, -0.2) is 8.76 Å². The molecule has 0 saturated heterocycles. The molecule has 0 aromatic rings. The van der Waals surface area contributed by atoms with Crippen LogP contribution in [0.5, 0.6) is 0 Å². The number of fused-ring (bicyclic) bond motifs is 1. The van der Waals surface area contributed by atoms with Gasteiger partial charge < -0.3 is 4.55 Å². The Morgan fingerprint density at radius 1 is 1.00 bits per heavy atom. The van der Waals surface area contributed by atoms with E-state index in [2.05, 4.69) is 0 Å². The van der Waals surface area contributed by atoms with E-state index in [-0.39, 0.29) is 0 Å². The summed E-state index contributed by atoms with van der Waals surface area (Å²) in [6, 6.07) is 13.0. The maximum absolute atomic E-state index is 10.9. The largest absolute Gasteiger partial charge is 0.302 e. The van der Waals surface area contributed by atoms with Crippen molar-refractivity contribution in [3.05, 3.63) is 42.5 Å². The highest BCUT2D eigenvalue weighted by atomic mass is 32.2. The van der Waals surface area contributed by atoms with E-state index in [9.17, 15) is 4.21 Å². The summed E-state index contributed by atoms with van der Waals surface area (Å²) in [6.07, 6.45) is 0. The van der Waals surface area contributed by atoms with Crippen molar-refractivity contribution < 1.29 is 8.76 Å². The van der Waals surface area contributed by atoms with Gasteiger partial charge in [0.05, 0.1) is 4.90 Å². The summed E-state index contributed by atoms with van der Waals surface area (Å²) in [7, 11) is 0. The molecule has 13 heavy (non-hydrogen) atoms. The minimum absolute atomic E-state index is 0.478. The minimum atomic E-state index is -1.89. The van der Waals surface area contributed by atoms with Gasteiger partial charge in [0, 0.05) is 5.56 Å². The average molecular weight is 192 g/mol. The molecule has 0 bridgehead atoms. The molecule has 0 saturated carbocycles. The van der Waals surface area contributed by atoms with Gasteiger partial charge in [-0.1, -0.05) is 36.4 Å². The van der Waals surface area contributed by atoms with Gasteiger partial charge in [0.15, 0.2) is 11.1 Å². The molecule has 2 rings (SSSR count). The monoisotopic (exact) mass is 192 g/mol. The molecule has 0 spiro atoms. The average Bonchev–Trinajstić information content (AvgIpc) is 2.36. The van der Waals surface area contributed by atoms with Crippen LogP contribution in [0.25, 0.3) is 11.1 Å². The van der Waals surface area contributed by atoms with Gasteiger partial charge in [0.25, 0.3) is 0 Å². The molecule has 0 fully saturated rings. The molecular weight excluding hydrogens is 184 g/mol. The lowest BCUT2D eigenvalue weighted by atomic mass is 10.2. The van der Waals surface area contributed by atoms with Gasteiger partial charge in [-0.25, -0.2) is 4.21 Å². The molecule has 0 radical (unpaired) electrons. The molecule has 3 heteroatoms. The van der Waals surface area contributed by atoms with Crippen molar-refractivity contribution in [1.29, 1.82) is 0 Å². The highest BCUT2D eigenvalue weighted by molar-refractivity contribution is 7.79. The summed E-state index contributed by atoms with van der Waals surface area (Å²) in [6.45, 7) is 0. The predicted molar refractivity (Wildman–Crippen MR) is 52.1 cm³/mol. The summed E-state index contributed by atoms with van der Waals surface area (Å²) in [5.41, 5.74) is 1.83. The third-order valence-corrected chi connectivity index (χ3v) is 2.67. The van der Waals surface area contributed by atoms with E-state index in [0.29, 0.717) is 4.90 Å². The fourth-order valence-corrected chi connectivity index (χ4v) is 1.90. The van der Waals surface area contributed by atoms with Crippen molar-refractivity contribution in [3.8, 4) is 11.1 Å². The molecule has 2 nitrogen and oxygen atoms in total. The Bertz CT molecular complexity index is 425. The highest BCUT2D eigenvalue weighted by Crippen LogP contribution is 2.28. The van der Waals surface area contributed by atoms with Gasteiger partial charge in [0.2, 0.25) is 0 Å². The molecule has 2 aliphatic rings. The Kier molecular flexibility index (Phi) is 2.12. The summed E-state index contributed by atoms with van der Waals surface area (Å²) >= 11 is -1.89. The third kappa shape index (κ3) is 1.48. The molecule has 2 aliphatic carbocycles. The van der Waals surface area contributed by atoms with Crippen LogP contribution < -0.4 is 0 Å². The molecule has 1 atom stereocenters. The second kappa shape index (κ2) is 3.28. The normalized spacial score (nSPS) is 13.0. The fraction of sp³-hybridized carbons (Fsp3) is 0. The molecule has 66 valence electrons.